The molecule has 0 N–H and O–H groups in total. The van der Waals surface area contributed by atoms with Crippen molar-refractivity contribution in [2.45, 2.75) is 46.1 Å². The summed E-state index contributed by atoms with van der Waals surface area (Å²) >= 11 is 6.19. The molecule has 3 rings (SSSR count). The van der Waals surface area contributed by atoms with Crippen LogP contribution in [0.3, 0.4) is 0 Å². The zero-order valence-electron chi connectivity index (χ0n) is 15.6. The predicted octanol–water partition coefficient (Wildman–Crippen LogP) is 5.07. The van der Waals surface area contributed by atoms with Crippen molar-refractivity contribution in [3.05, 3.63) is 63.1 Å². The van der Waals surface area contributed by atoms with Gasteiger partial charge in [-0.15, -0.1) is 0 Å². The van der Waals surface area contributed by atoms with Gasteiger partial charge in [-0.1, -0.05) is 37.6 Å². The third-order valence-electron chi connectivity index (χ3n) is 4.47. The molecule has 27 heavy (non-hydrogen) atoms. The van der Waals surface area contributed by atoms with E-state index in [2.05, 4.69) is 0 Å². The standard InChI is InChI=1S/C21H22ClNO4/c1-13(2)15-12-16(22)14(3)11-19(15)26-20(24)9-6-10-23-17-7-4-5-8-18(17)27-21(23)25/h4-5,7-8,11-13H,6,9-10H2,1-3H3. The first-order chi connectivity index (χ1) is 12.9. The van der Waals surface area contributed by atoms with E-state index in [9.17, 15) is 9.59 Å². The van der Waals surface area contributed by atoms with E-state index >= 15 is 0 Å². The first-order valence-corrected chi connectivity index (χ1v) is 9.33. The number of benzene rings is 2. The number of fused-ring (bicyclic) bond motifs is 1. The van der Waals surface area contributed by atoms with Gasteiger partial charge in [-0.3, -0.25) is 9.36 Å². The van der Waals surface area contributed by atoms with E-state index in [1.807, 2.05) is 45.0 Å². The Kier molecular flexibility index (Phi) is 5.71. The van der Waals surface area contributed by atoms with Gasteiger partial charge in [0.1, 0.15) is 5.75 Å². The molecule has 5 nitrogen and oxygen atoms in total. The van der Waals surface area contributed by atoms with E-state index in [0.717, 1.165) is 16.6 Å². The van der Waals surface area contributed by atoms with Crippen LogP contribution in [0.25, 0.3) is 11.1 Å². The van der Waals surface area contributed by atoms with Crippen LogP contribution in [0.1, 0.15) is 43.7 Å². The highest BCUT2D eigenvalue weighted by molar-refractivity contribution is 6.31. The number of esters is 1. The maximum Gasteiger partial charge on any atom is 0.419 e. The second-order valence-corrected chi connectivity index (χ2v) is 7.27. The van der Waals surface area contributed by atoms with Crippen molar-refractivity contribution >= 4 is 28.7 Å². The van der Waals surface area contributed by atoms with E-state index in [0.29, 0.717) is 29.3 Å². The zero-order chi connectivity index (χ0) is 19.6. The van der Waals surface area contributed by atoms with Crippen LogP contribution in [0, 0.1) is 6.92 Å². The molecule has 6 heteroatoms. The molecule has 3 aromatic rings. The van der Waals surface area contributed by atoms with Gasteiger partial charge in [-0.25, -0.2) is 4.79 Å². The van der Waals surface area contributed by atoms with Gasteiger partial charge in [0.05, 0.1) is 5.52 Å². The number of nitrogens with zero attached hydrogens (tertiary/aromatic N) is 1. The average molecular weight is 388 g/mol. The monoisotopic (exact) mass is 387 g/mol. The quantitative estimate of drug-likeness (QED) is 0.438. The van der Waals surface area contributed by atoms with Crippen molar-refractivity contribution in [1.29, 1.82) is 0 Å². The molecule has 0 unspecified atom stereocenters. The lowest BCUT2D eigenvalue weighted by molar-refractivity contribution is -0.134. The van der Waals surface area contributed by atoms with Gasteiger partial charge in [0, 0.05) is 18.0 Å². The van der Waals surface area contributed by atoms with E-state index < -0.39 is 5.76 Å². The van der Waals surface area contributed by atoms with Gasteiger partial charge in [0.15, 0.2) is 5.58 Å². The SMILES string of the molecule is Cc1cc(OC(=O)CCCn2c(=O)oc3ccccc32)c(C(C)C)cc1Cl. The summed E-state index contributed by atoms with van der Waals surface area (Å²) < 4.78 is 12.3. The molecule has 0 aliphatic heterocycles. The summed E-state index contributed by atoms with van der Waals surface area (Å²) in [6.07, 6.45) is 0.678. The number of rotatable bonds is 6. The minimum Gasteiger partial charge on any atom is -0.426 e. The van der Waals surface area contributed by atoms with Crippen LogP contribution in [-0.2, 0) is 11.3 Å². The van der Waals surface area contributed by atoms with Gasteiger partial charge < -0.3 is 9.15 Å². The van der Waals surface area contributed by atoms with Crippen LogP contribution < -0.4 is 10.5 Å². The van der Waals surface area contributed by atoms with Crippen molar-refractivity contribution in [3.63, 3.8) is 0 Å². The van der Waals surface area contributed by atoms with Crippen LogP contribution in [0.2, 0.25) is 5.02 Å². The molecule has 0 aliphatic carbocycles. The lowest BCUT2D eigenvalue weighted by Gasteiger charge is -2.15. The van der Waals surface area contributed by atoms with Gasteiger partial charge in [0.25, 0.3) is 0 Å². The van der Waals surface area contributed by atoms with E-state index in [4.69, 9.17) is 20.8 Å². The maximum atomic E-state index is 12.3. The second kappa shape index (κ2) is 8.01. The smallest absolute Gasteiger partial charge is 0.419 e. The minimum atomic E-state index is -0.417. The Balaban J connectivity index is 1.66. The fourth-order valence-electron chi connectivity index (χ4n) is 2.99. The number of carbonyl (C=O) groups is 1. The van der Waals surface area contributed by atoms with Crippen molar-refractivity contribution in [2.75, 3.05) is 0 Å². The summed E-state index contributed by atoms with van der Waals surface area (Å²) in [5.41, 5.74) is 3.03. The molecule has 1 aromatic heterocycles. The number of hydrogen-bond acceptors (Lipinski definition) is 4. The van der Waals surface area contributed by atoms with Crippen molar-refractivity contribution in [1.82, 2.24) is 4.57 Å². The Morgan fingerprint density at radius 1 is 1.26 bits per heavy atom. The highest BCUT2D eigenvalue weighted by Gasteiger charge is 2.15. The lowest BCUT2D eigenvalue weighted by atomic mass is 10.0. The number of oxazole rings is 1. The highest BCUT2D eigenvalue weighted by Crippen LogP contribution is 2.32. The van der Waals surface area contributed by atoms with Crippen molar-refractivity contribution in [3.8, 4) is 5.75 Å². The summed E-state index contributed by atoms with van der Waals surface area (Å²) in [7, 11) is 0. The van der Waals surface area contributed by atoms with Crippen LogP contribution in [0.4, 0.5) is 0 Å². The first-order valence-electron chi connectivity index (χ1n) is 8.96. The number of aryl methyl sites for hydroxylation is 2. The molecule has 0 saturated carbocycles. The van der Waals surface area contributed by atoms with Crippen molar-refractivity contribution in [2.24, 2.45) is 0 Å². The topological polar surface area (TPSA) is 61.4 Å². The van der Waals surface area contributed by atoms with Crippen LogP contribution >= 0.6 is 11.6 Å². The summed E-state index contributed by atoms with van der Waals surface area (Å²) in [6, 6.07) is 10.9. The lowest BCUT2D eigenvalue weighted by Crippen LogP contribution is -2.16. The molecule has 142 valence electrons. The molecular formula is C21H22ClNO4. The summed E-state index contributed by atoms with van der Waals surface area (Å²) in [5, 5.41) is 0.657. The average Bonchev–Trinajstić information content (AvgIpc) is 2.93. The van der Waals surface area contributed by atoms with Gasteiger partial charge in [-0.2, -0.15) is 0 Å². The Morgan fingerprint density at radius 2 is 2.00 bits per heavy atom. The molecule has 2 aromatic carbocycles. The Labute approximate surface area is 162 Å². The highest BCUT2D eigenvalue weighted by atomic mass is 35.5. The van der Waals surface area contributed by atoms with Gasteiger partial charge >= 0.3 is 11.7 Å². The Morgan fingerprint density at radius 3 is 2.74 bits per heavy atom. The molecule has 0 radical (unpaired) electrons. The third-order valence-corrected chi connectivity index (χ3v) is 4.88. The largest absolute Gasteiger partial charge is 0.426 e. The Bertz CT molecular complexity index is 1030. The molecule has 0 fully saturated rings. The molecule has 0 spiro atoms. The number of halogens is 1. The Hall–Kier alpha value is -2.53. The summed E-state index contributed by atoms with van der Waals surface area (Å²) in [6.45, 7) is 6.31. The van der Waals surface area contributed by atoms with E-state index in [1.54, 1.807) is 12.1 Å². The molecule has 0 bridgehead atoms. The minimum absolute atomic E-state index is 0.182. The van der Waals surface area contributed by atoms with E-state index in [-0.39, 0.29) is 18.3 Å². The normalized spacial score (nSPS) is 11.3. The molecule has 0 amide bonds. The molecule has 0 saturated heterocycles. The molecule has 0 aliphatic rings. The van der Waals surface area contributed by atoms with Gasteiger partial charge in [0.2, 0.25) is 0 Å². The zero-order valence-corrected chi connectivity index (χ0v) is 16.4. The summed E-state index contributed by atoms with van der Waals surface area (Å²) in [5.74, 6) is -0.0240. The van der Waals surface area contributed by atoms with E-state index in [1.165, 1.54) is 4.57 Å². The summed E-state index contributed by atoms with van der Waals surface area (Å²) in [4.78, 5) is 24.3. The predicted molar refractivity (Wildman–Crippen MR) is 106 cm³/mol. The third kappa shape index (κ3) is 4.25. The van der Waals surface area contributed by atoms with Crippen molar-refractivity contribution < 1.29 is 13.9 Å². The van der Waals surface area contributed by atoms with Crippen LogP contribution in [-0.4, -0.2) is 10.5 Å². The fourth-order valence-corrected chi connectivity index (χ4v) is 3.16. The number of para-hydroxylation sites is 2. The second-order valence-electron chi connectivity index (χ2n) is 6.86. The number of aromatic nitrogens is 1. The number of ether oxygens (including phenoxy) is 1. The van der Waals surface area contributed by atoms with Crippen LogP contribution in [0.15, 0.2) is 45.6 Å². The van der Waals surface area contributed by atoms with Gasteiger partial charge in [-0.05, 0) is 54.7 Å². The molecular weight excluding hydrogens is 366 g/mol. The fraction of sp³-hybridized carbons (Fsp3) is 0.333. The molecule has 0 atom stereocenters. The molecule has 1 heterocycles. The number of carbonyl (C=O) groups excluding carboxylic acids is 1. The maximum absolute atomic E-state index is 12.3. The number of hydrogen-bond donors (Lipinski definition) is 0. The van der Waals surface area contributed by atoms with Crippen LogP contribution in [0.5, 0.6) is 5.75 Å². The first kappa shape index (κ1) is 19.2.